The highest BCUT2D eigenvalue weighted by molar-refractivity contribution is 14.1. The summed E-state index contributed by atoms with van der Waals surface area (Å²) in [4.78, 5) is 32.3. The molecule has 1 fully saturated rings. The normalized spacial score (nSPS) is 23.3. The van der Waals surface area contributed by atoms with Crippen LogP contribution in [0.15, 0.2) is 71.9 Å². The number of phenols is 1. The minimum atomic E-state index is -1.03. The third-order valence-electron chi connectivity index (χ3n) is 9.20. The molecule has 2 aliphatic carbocycles. The van der Waals surface area contributed by atoms with E-state index in [1.165, 1.54) is 12.7 Å². The molecule has 0 amide bonds. The van der Waals surface area contributed by atoms with Crippen molar-refractivity contribution in [3.8, 4) is 11.5 Å². The number of hydrogen-bond donors (Lipinski definition) is 2. The summed E-state index contributed by atoms with van der Waals surface area (Å²) in [6.45, 7) is 2.13. The molecule has 0 spiro atoms. The molecular weight excluding hydrogens is 668 g/mol. The number of allylic oxidation sites excluding steroid dienone is 2. The molecule has 3 aromatic rings. The van der Waals surface area contributed by atoms with Crippen LogP contribution in [0.4, 0.5) is 0 Å². The molecular formula is C35H35BINO6. The lowest BCUT2D eigenvalue weighted by atomic mass is 9.54. The molecule has 2 aromatic carbocycles. The van der Waals surface area contributed by atoms with Crippen LogP contribution in [0, 0.1) is 21.3 Å². The number of carbonyl (C=O) groups excluding carboxylic acids is 2. The number of ether oxygens (including phenoxy) is 1. The van der Waals surface area contributed by atoms with Crippen molar-refractivity contribution in [2.45, 2.75) is 51.5 Å². The number of fused-ring (bicyclic) bond motifs is 4. The fourth-order valence-corrected chi connectivity index (χ4v) is 7.98. The minimum Gasteiger partial charge on any atom is -0.504 e. The Kier molecular flexibility index (Phi) is 9.07. The lowest BCUT2D eigenvalue weighted by Crippen LogP contribution is -2.50. The van der Waals surface area contributed by atoms with Gasteiger partial charge in [-0.3, -0.25) is 14.6 Å². The summed E-state index contributed by atoms with van der Waals surface area (Å²) >= 11 is 2.09. The fraction of sp³-hybridized carbons (Fsp3) is 0.343. The Morgan fingerprint density at radius 1 is 1.11 bits per heavy atom. The zero-order valence-corrected chi connectivity index (χ0v) is 27.0. The molecule has 3 aliphatic rings. The standard InChI is InChI=1S/C35H35BINO6/c1-3-8-22-18-25-32(34(40)24-10-5-4-9-23(24)33(25)39)26-19-36(42)44-29(31(22)26)13-12-21(28-11-6-7-14-38-28)15-20-16-27(37)35(41)30(17-20)43-2/h4-7,9-11,14-17,25-26,29,32,41-42H,3,8,12-13,18-19H2,1-2H3/b21-15-/t25-,26+,29-,32-/m1/s1. The maximum atomic E-state index is 13.9. The van der Waals surface area contributed by atoms with Gasteiger partial charge in [0.15, 0.2) is 23.1 Å². The Morgan fingerprint density at radius 3 is 2.57 bits per heavy atom. The maximum absolute atomic E-state index is 13.9. The molecule has 1 aromatic heterocycles. The first kappa shape index (κ1) is 30.7. The number of halogens is 1. The summed E-state index contributed by atoms with van der Waals surface area (Å²) in [5.74, 6) is -0.620. The van der Waals surface area contributed by atoms with Gasteiger partial charge in [-0.25, -0.2) is 0 Å². The van der Waals surface area contributed by atoms with Crippen molar-refractivity contribution in [1.29, 1.82) is 0 Å². The van der Waals surface area contributed by atoms with Crippen molar-refractivity contribution in [2.24, 2.45) is 17.8 Å². The van der Waals surface area contributed by atoms with Crippen molar-refractivity contribution >= 4 is 52.9 Å². The van der Waals surface area contributed by atoms with Crippen molar-refractivity contribution in [2.75, 3.05) is 7.11 Å². The van der Waals surface area contributed by atoms with Gasteiger partial charge in [0.25, 0.3) is 0 Å². The van der Waals surface area contributed by atoms with Gasteiger partial charge in [-0.05, 0) is 108 Å². The van der Waals surface area contributed by atoms with E-state index < -0.39 is 25.1 Å². The highest BCUT2D eigenvalue weighted by Gasteiger charge is 2.53. The first-order valence-electron chi connectivity index (χ1n) is 15.2. The topological polar surface area (TPSA) is 106 Å². The van der Waals surface area contributed by atoms with E-state index in [4.69, 9.17) is 9.39 Å². The lowest BCUT2D eigenvalue weighted by Gasteiger charge is -2.47. The lowest BCUT2D eigenvalue weighted by molar-refractivity contribution is 0.0599. The molecule has 2 N–H and O–H groups in total. The average Bonchev–Trinajstić information content (AvgIpc) is 3.03. The van der Waals surface area contributed by atoms with Crippen LogP contribution in [0.1, 0.15) is 71.0 Å². The van der Waals surface area contributed by atoms with Crippen molar-refractivity contribution in [1.82, 2.24) is 4.98 Å². The van der Waals surface area contributed by atoms with Crippen LogP contribution in [0.3, 0.4) is 0 Å². The monoisotopic (exact) mass is 703 g/mol. The summed E-state index contributed by atoms with van der Waals surface area (Å²) in [6.07, 6.45) is 7.15. The number of nitrogens with zero attached hydrogens (tertiary/aromatic N) is 1. The second-order valence-corrected chi connectivity index (χ2v) is 13.0. The average molecular weight is 703 g/mol. The third-order valence-corrected chi connectivity index (χ3v) is 10.0. The predicted molar refractivity (Wildman–Crippen MR) is 178 cm³/mol. The minimum absolute atomic E-state index is 0.000972. The molecule has 0 radical (unpaired) electrons. The van der Waals surface area contributed by atoms with Gasteiger partial charge >= 0.3 is 7.12 Å². The Bertz CT molecular complexity index is 1650. The summed E-state index contributed by atoms with van der Waals surface area (Å²) in [5, 5.41) is 21.4. The number of Topliss-reactive ketones (excluding diaryl/α,β-unsaturated/α-hetero) is 2. The molecule has 1 aliphatic heterocycles. The molecule has 1 saturated heterocycles. The van der Waals surface area contributed by atoms with E-state index in [2.05, 4.69) is 34.5 Å². The highest BCUT2D eigenvalue weighted by Crippen LogP contribution is 2.52. The Labute approximate surface area is 271 Å². The van der Waals surface area contributed by atoms with Gasteiger partial charge in [0, 0.05) is 29.2 Å². The summed E-state index contributed by atoms with van der Waals surface area (Å²) in [5.41, 5.74) is 5.96. The molecule has 4 atom stereocenters. The number of rotatable bonds is 8. The van der Waals surface area contributed by atoms with Gasteiger partial charge in [0.2, 0.25) is 0 Å². The number of hydrogen-bond acceptors (Lipinski definition) is 7. The number of phenolic OH excluding ortho intramolecular Hbond substituents is 1. The van der Waals surface area contributed by atoms with Gasteiger partial charge in [0.05, 0.1) is 22.5 Å². The van der Waals surface area contributed by atoms with Crippen LogP contribution in [0.5, 0.6) is 11.5 Å². The van der Waals surface area contributed by atoms with Crippen molar-refractivity contribution in [3.63, 3.8) is 0 Å². The van der Waals surface area contributed by atoms with E-state index in [1.54, 1.807) is 24.4 Å². The van der Waals surface area contributed by atoms with E-state index >= 15 is 0 Å². The molecule has 0 bridgehead atoms. The van der Waals surface area contributed by atoms with E-state index in [0.717, 1.165) is 35.2 Å². The first-order valence-corrected chi connectivity index (χ1v) is 16.3. The molecule has 226 valence electrons. The molecule has 44 heavy (non-hydrogen) atoms. The van der Waals surface area contributed by atoms with E-state index in [1.807, 2.05) is 42.5 Å². The van der Waals surface area contributed by atoms with Crippen LogP contribution in [-0.4, -0.2) is 47.0 Å². The van der Waals surface area contributed by atoms with Crippen molar-refractivity contribution in [3.05, 3.63) is 97.9 Å². The number of aromatic hydroxyl groups is 1. The molecule has 9 heteroatoms. The molecule has 0 saturated carbocycles. The number of pyridine rings is 1. The first-order chi connectivity index (χ1) is 21.3. The zero-order chi connectivity index (χ0) is 31.0. The van der Waals surface area contributed by atoms with Crippen LogP contribution in [0.25, 0.3) is 11.6 Å². The summed E-state index contributed by atoms with van der Waals surface area (Å²) in [6, 6.07) is 16.6. The maximum Gasteiger partial charge on any atom is 0.455 e. The summed E-state index contributed by atoms with van der Waals surface area (Å²) < 4.78 is 12.3. The van der Waals surface area contributed by atoms with Gasteiger partial charge in [-0.15, -0.1) is 0 Å². The van der Waals surface area contributed by atoms with E-state index in [9.17, 15) is 19.7 Å². The second kappa shape index (κ2) is 13.0. The smallest absolute Gasteiger partial charge is 0.455 e. The molecule has 2 heterocycles. The highest BCUT2D eigenvalue weighted by atomic mass is 127. The zero-order valence-electron chi connectivity index (χ0n) is 24.8. The summed E-state index contributed by atoms with van der Waals surface area (Å²) in [7, 11) is 0.501. The predicted octanol–water partition coefficient (Wildman–Crippen LogP) is 7.03. The van der Waals surface area contributed by atoms with Crippen molar-refractivity contribution < 1.29 is 29.1 Å². The SMILES string of the molecule is CCCC1=C2[C@@H](CC/C(=C/c3cc(I)c(O)c(OC)c3)c3ccccn3)OB(O)C[C@@H]2[C@@H]2C(=O)c3ccccc3C(=O)[C@@H]2C1. The number of methoxy groups -OCH3 is 1. The van der Waals surface area contributed by atoms with E-state index in [0.29, 0.717) is 46.0 Å². The Hall–Kier alpha value is -3.28. The molecule has 0 unspecified atom stereocenters. The number of carbonyl (C=O) groups is 2. The molecule has 7 nitrogen and oxygen atoms in total. The van der Waals surface area contributed by atoms with Crippen LogP contribution >= 0.6 is 22.6 Å². The number of ketones is 2. The Morgan fingerprint density at radius 2 is 1.86 bits per heavy atom. The fourth-order valence-electron chi connectivity index (χ4n) is 7.35. The van der Waals surface area contributed by atoms with Crippen LogP contribution in [0.2, 0.25) is 6.32 Å². The van der Waals surface area contributed by atoms with Gasteiger partial charge in [-0.1, -0.05) is 49.2 Å². The van der Waals surface area contributed by atoms with Gasteiger partial charge in [-0.2, -0.15) is 0 Å². The van der Waals surface area contributed by atoms with E-state index in [-0.39, 0.29) is 23.2 Å². The largest absolute Gasteiger partial charge is 0.504 e. The third kappa shape index (κ3) is 5.77. The van der Waals surface area contributed by atoms with Gasteiger partial charge in [0.1, 0.15) is 0 Å². The molecule has 6 rings (SSSR count). The van der Waals surface area contributed by atoms with Gasteiger partial charge < -0.3 is 19.5 Å². The van der Waals surface area contributed by atoms with Crippen LogP contribution in [-0.2, 0) is 4.65 Å². The number of benzene rings is 2. The quantitative estimate of drug-likeness (QED) is 0.148. The Balaban J connectivity index is 1.36. The second-order valence-electron chi connectivity index (χ2n) is 11.8. The van der Waals surface area contributed by atoms with Crippen LogP contribution < -0.4 is 4.74 Å². The number of aromatic nitrogens is 1.